The number of nitrogens with zero attached hydrogens (tertiary/aromatic N) is 1. The highest BCUT2D eigenvalue weighted by Crippen LogP contribution is 2.37. The van der Waals surface area contributed by atoms with Gasteiger partial charge in [-0.25, -0.2) is 0 Å². The molecular weight excluding hydrogens is 274 g/mol. The summed E-state index contributed by atoms with van der Waals surface area (Å²) < 4.78 is 0. The third-order valence-corrected chi connectivity index (χ3v) is 4.69. The van der Waals surface area contributed by atoms with Gasteiger partial charge in [0.15, 0.2) is 11.6 Å². The smallest absolute Gasteiger partial charge is 0.196 e. The first kappa shape index (κ1) is 13.3. The lowest BCUT2D eigenvalue weighted by Gasteiger charge is -2.27. The van der Waals surface area contributed by atoms with Crippen LogP contribution in [0.15, 0.2) is 36.4 Å². The summed E-state index contributed by atoms with van der Waals surface area (Å²) in [5, 5.41) is 0. The molecule has 0 spiro atoms. The number of carbonyl (C=O) groups excluding carboxylic acids is 2. The van der Waals surface area contributed by atoms with E-state index in [1.807, 2.05) is 25.1 Å². The van der Waals surface area contributed by atoms with Crippen LogP contribution in [0.1, 0.15) is 50.2 Å². The van der Waals surface area contributed by atoms with Gasteiger partial charge in [-0.1, -0.05) is 30.3 Å². The van der Waals surface area contributed by atoms with E-state index in [-0.39, 0.29) is 11.6 Å². The molecule has 2 aromatic rings. The number of anilines is 1. The third kappa shape index (κ3) is 1.75. The van der Waals surface area contributed by atoms with E-state index in [9.17, 15) is 9.59 Å². The second-order valence-electron chi connectivity index (χ2n) is 6.05. The molecule has 1 heterocycles. The summed E-state index contributed by atoms with van der Waals surface area (Å²) in [7, 11) is 0. The molecule has 0 N–H and O–H groups in total. The fraction of sp³-hybridized carbons (Fsp3) is 0.263. The fourth-order valence-corrected chi connectivity index (χ4v) is 3.62. The zero-order valence-electron chi connectivity index (χ0n) is 12.6. The maximum Gasteiger partial charge on any atom is 0.196 e. The molecule has 3 heteroatoms. The van der Waals surface area contributed by atoms with Crippen LogP contribution in [0.3, 0.4) is 0 Å². The van der Waals surface area contributed by atoms with Gasteiger partial charge in [-0.3, -0.25) is 9.59 Å². The van der Waals surface area contributed by atoms with E-state index in [0.717, 1.165) is 37.2 Å². The highest BCUT2D eigenvalue weighted by Gasteiger charge is 2.33. The van der Waals surface area contributed by atoms with Gasteiger partial charge in [-0.2, -0.15) is 0 Å². The van der Waals surface area contributed by atoms with E-state index in [1.54, 1.807) is 18.2 Å². The topological polar surface area (TPSA) is 37.4 Å². The molecule has 1 aliphatic heterocycles. The van der Waals surface area contributed by atoms with Gasteiger partial charge in [0.05, 0.1) is 11.3 Å². The van der Waals surface area contributed by atoms with Crippen LogP contribution >= 0.6 is 0 Å². The molecule has 110 valence electrons. The Labute approximate surface area is 129 Å². The monoisotopic (exact) mass is 291 g/mol. The van der Waals surface area contributed by atoms with Crippen molar-refractivity contribution in [2.45, 2.75) is 19.8 Å². The minimum atomic E-state index is -0.0364. The highest BCUT2D eigenvalue weighted by atomic mass is 16.1. The van der Waals surface area contributed by atoms with Crippen LogP contribution in [0.5, 0.6) is 0 Å². The molecule has 0 radical (unpaired) electrons. The van der Waals surface area contributed by atoms with Gasteiger partial charge in [0, 0.05) is 29.8 Å². The molecule has 2 aromatic carbocycles. The van der Waals surface area contributed by atoms with Crippen molar-refractivity contribution in [2.24, 2.45) is 0 Å². The lowest BCUT2D eigenvalue weighted by molar-refractivity contribution is 0.0979. The average Bonchev–Trinajstić information content (AvgIpc) is 3.06. The zero-order chi connectivity index (χ0) is 15.3. The average molecular weight is 291 g/mol. The maximum absolute atomic E-state index is 13.0. The molecule has 1 saturated heterocycles. The molecule has 0 amide bonds. The van der Waals surface area contributed by atoms with Crippen LogP contribution in [0.4, 0.5) is 5.69 Å². The third-order valence-electron chi connectivity index (χ3n) is 4.69. The first-order valence-electron chi connectivity index (χ1n) is 7.75. The zero-order valence-corrected chi connectivity index (χ0v) is 12.6. The Morgan fingerprint density at radius 3 is 2.14 bits per heavy atom. The highest BCUT2D eigenvalue weighted by molar-refractivity contribution is 6.30. The maximum atomic E-state index is 13.0. The molecular formula is C19H17NO2. The molecule has 0 saturated carbocycles. The summed E-state index contributed by atoms with van der Waals surface area (Å²) in [5.41, 5.74) is 4.24. The number of aryl methyl sites for hydroxylation is 1. The molecule has 2 aliphatic rings. The molecule has 4 rings (SSSR count). The first-order valence-corrected chi connectivity index (χ1v) is 7.75. The number of ketones is 2. The number of hydrogen-bond donors (Lipinski definition) is 0. The van der Waals surface area contributed by atoms with E-state index < -0.39 is 0 Å². The van der Waals surface area contributed by atoms with Crippen LogP contribution in [0.25, 0.3) is 0 Å². The van der Waals surface area contributed by atoms with Crippen LogP contribution in [-0.2, 0) is 0 Å². The van der Waals surface area contributed by atoms with Crippen molar-refractivity contribution in [3.05, 3.63) is 64.2 Å². The molecule has 1 aliphatic carbocycles. The Balaban J connectivity index is 1.98. The summed E-state index contributed by atoms with van der Waals surface area (Å²) in [6, 6.07) is 10.9. The minimum Gasteiger partial charge on any atom is -0.371 e. The van der Waals surface area contributed by atoms with Gasteiger partial charge in [0.2, 0.25) is 0 Å². The van der Waals surface area contributed by atoms with E-state index in [1.165, 1.54) is 0 Å². The summed E-state index contributed by atoms with van der Waals surface area (Å²) in [5.74, 6) is -0.0542. The second kappa shape index (κ2) is 4.80. The van der Waals surface area contributed by atoms with Gasteiger partial charge >= 0.3 is 0 Å². The lowest BCUT2D eigenvalue weighted by atomic mass is 9.82. The van der Waals surface area contributed by atoms with Gasteiger partial charge in [0.25, 0.3) is 0 Å². The Morgan fingerprint density at radius 2 is 1.45 bits per heavy atom. The number of rotatable bonds is 1. The van der Waals surface area contributed by atoms with Crippen molar-refractivity contribution >= 4 is 17.3 Å². The molecule has 22 heavy (non-hydrogen) atoms. The van der Waals surface area contributed by atoms with Crippen molar-refractivity contribution in [1.82, 2.24) is 0 Å². The van der Waals surface area contributed by atoms with Gasteiger partial charge < -0.3 is 4.90 Å². The Morgan fingerprint density at radius 1 is 0.818 bits per heavy atom. The van der Waals surface area contributed by atoms with E-state index >= 15 is 0 Å². The van der Waals surface area contributed by atoms with Crippen LogP contribution in [0, 0.1) is 6.92 Å². The Bertz CT molecular complexity index is 801. The Hall–Kier alpha value is -2.42. The van der Waals surface area contributed by atoms with Crippen molar-refractivity contribution in [1.29, 1.82) is 0 Å². The first-order chi connectivity index (χ1) is 10.7. The number of benzene rings is 2. The summed E-state index contributed by atoms with van der Waals surface area (Å²) in [6.07, 6.45) is 2.28. The largest absolute Gasteiger partial charge is 0.371 e. The quantitative estimate of drug-likeness (QED) is 0.690. The van der Waals surface area contributed by atoms with Crippen LogP contribution < -0.4 is 4.90 Å². The number of hydrogen-bond acceptors (Lipinski definition) is 3. The summed E-state index contributed by atoms with van der Waals surface area (Å²) >= 11 is 0. The normalized spacial score (nSPS) is 16.7. The molecule has 1 fully saturated rings. The predicted molar refractivity (Wildman–Crippen MR) is 85.9 cm³/mol. The molecule has 0 bridgehead atoms. The predicted octanol–water partition coefficient (Wildman–Crippen LogP) is 3.37. The minimum absolute atomic E-state index is 0.0178. The van der Waals surface area contributed by atoms with Crippen LogP contribution in [0.2, 0.25) is 0 Å². The van der Waals surface area contributed by atoms with E-state index in [0.29, 0.717) is 22.3 Å². The Kier molecular flexibility index (Phi) is 2.89. The molecule has 3 nitrogen and oxygen atoms in total. The van der Waals surface area contributed by atoms with Crippen molar-refractivity contribution < 1.29 is 9.59 Å². The molecule has 0 aromatic heterocycles. The second-order valence-corrected chi connectivity index (χ2v) is 6.05. The number of carbonyl (C=O) groups is 2. The standard InChI is InChI=1S/C19H17NO2/c1-12-8-9-15-16(17(12)20-10-4-5-11-20)19(22)14-7-3-2-6-13(14)18(15)21/h2-3,6-9H,4-5,10-11H2,1H3. The molecule has 0 unspecified atom stereocenters. The molecule has 0 atom stereocenters. The summed E-state index contributed by atoms with van der Waals surface area (Å²) in [4.78, 5) is 28.0. The van der Waals surface area contributed by atoms with Crippen molar-refractivity contribution in [3.63, 3.8) is 0 Å². The van der Waals surface area contributed by atoms with Gasteiger partial charge in [0.1, 0.15) is 0 Å². The van der Waals surface area contributed by atoms with Crippen molar-refractivity contribution in [3.8, 4) is 0 Å². The van der Waals surface area contributed by atoms with Crippen molar-refractivity contribution in [2.75, 3.05) is 18.0 Å². The fourth-order valence-electron chi connectivity index (χ4n) is 3.62. The van der Waals surface area contributed by atoms with E-state index in [2.05, 4.69) is 4.90 Å². The lowest BCUT2D eigenvalue weighted by Crippen LogP contribution is -2.27. The van der Waals surface area contributed by atoms with E-state index in [4.69, 9.17) is 0 Å². The summed E-state index contributed by atoms with van der Waals surface area (Å²) in [6.45, 7) is 3.94. The van der Waals surface area contributed by atoms with Gasteiger partial charge in [-0.15, -0.1) is 0 Å². The van der Waals surface area contributed by atoms with Crippen LogP contribution in [-0.4, -0.2) is 24.7 Å². The number of fused-ring (bicyclic) bond motifs is 2. The SMILES string of the molecule is Cc1ccc2c(c1N1CCCC1)C(=O)c1ccccc1C2=O. The van der Waals surface area contributed by atoms with Gasteiger partial charge in [-0.05, 0) is 31.4 Å².